The largest absolute Gasteiger partial charge is 0.325 e. The molecule has 0 bridgehead atoms. The lowest BCUT2D eigenvalue weighted by Gasteiger charge is -2.12. The van der Waals surface area contributed by atoms with E-state index in [1.54, 1.807) is 12.1 Å². The van der Waals surface area contributed by atoms with Gasteiger partial charge in [0.15, 0.2) is 0 Å². The highest BCUT2D eigenvalue weighted by molar-refractivity contribution is 7.85. The van der Waals surface area contributed by atoms with Gasteiger partial charge in [0.05, 0.1) is 16.8 Å². The molecular formula is C18H22N2O2S. The Balaban J connectivity index is 1.89. The van der Waals surface area contributed by atoms with Crippen LogP contribution in [0.3, 0.4) is 0 Å². The zero-order valence-electron chi connectivity index (χ0n) is 13.4. The maximum Gasteiger partial charge on any atom is 0.241 e. The number of hydrogen-bond acceptors (Lipinski definition) is 3. The molecule has 0 aromatic heterocycles. The number of hydrogen-bond donors (Lipinski definition) is 2. The molecule has 2 rings (SSSR count). The zero-order valence-corrected chi connectivity index (χ0v) is 14.2. The number of amides is 1. The normalized spacial score (nSPS) is 13.3. The summed E-state index contributed by atoms with van der Waals surface area (Å²) in [6, 6.07) is 14.4. The van der Waals surface area contributed by atoms with Gasteiger partial charge in [0, 0.05) is 16.3 Å². The maximum absolute atomic E-state index is 12.4. The molecule has 0 radical (unpaired) electrons. The highest BCUT2D eigenvalue weighted by Gasteiger charge is 2.15. The highest BCUT2D eigenvalue weighted by Crippen LogP contribution is 2.14. The Morgan fingerprint density at radius 3 is 2.35 bits per heavy atom. The molecule has 23 heavy (non-hydrogen) atoms. The third-order valence-corrected chi connectivity index (χ3v) is 4.82. The monoisotopic (exact) mass is 330 g/mol. The van der Waals surface area contributed by atoms with Gasteiger partial charge in [0.1, 0.15) is 0 Å². The molecule has 2 aromatic rings. The molecule has 3 N–H and O–H groups in total. The molecule has 2 unspecified atom stereocenters. The zero-order chi connectivity index (χ0) is 16.8. The van der Waals surface area contributed by atoms with E-state index in [-0.39, 0.29) is 5.91 Å². The Labute approximate surface area is 139 Å². The van der Waals surface area contributed by atoms with Crippen molar-refractivity contribution in [3.63, 3.8) is 0 Å². The van der Waals surface area contributed by atoms with Crippen molar-refractivity contribution in [2.24, 2.45) is 5.73 Å². The van der Waals surface area contributed by atoms with Crippen molar-refractivity contribution in [1.82, 2.24) is 0 Å². The third-order valence-electron chi connectivity index (χ3n) is 3.45. The first-order valence-corrected chi connectivity index (χ1v) is 8.86. The Hall–Kier alpha value is -1.98. The van der Waals surface area contributed by atoms with Crippen LogP contribution >= 0.6 is 0 Å². The number of rotatable bonds is 6. The SMILES string of the molecule is Cc1cc(C)cc(S(=O)CCC(N)C(=O)Nc2ccccc2)c1. The van der Waals surface area contributed by atoms with E-state index in [1.807, 2.05) is 50.2 Å². The molecule has 0 aliphatic carbocycles. The molecule has 2 aromatic carbocycles. The van der Waals surface area contributed by atoms with Crippen molar-refractivity contribution >= 4 is 22.4 Å². The first-order valence-electron chi connectivity index (χ1n) is 7.54. The Kier molecular flexibility index (Phi) is 6.07. The highest BCUT2D eigenvalue weighted by atomic mass is 32.2. The molecule has 122 valence electrons. The Morgan fingerprint density at radius 2 is 1.74 bits per heavy atom. The fourth-order valence-electron chi connectivity index (χ4n) is 2.30. The van der Waals surface area contributed by atoms with Crippen LogP contribution in [-0.4, -0.2) is 21.9 Å². The number of anilines is 1. The first-order chi connectivity index (χ1) is 11.0. The van der Waals surface area contributed by atoms with Gasteiger partial charge in [-0.15, -0.1) is 0 Å². The number of para-hydroxylation sites is 1. The van der Waals surface area contributed by atoms with Crippen LogP contribution < -0.4 is 11.1 Å². The van der Waals surface area contributed by atoms with E-state index in [1.165, 1.54) is 0 Å². The van der Waals surface area contributed by atoms with E-state index < -0.39 is 16.8 Å². The molecule has 0 aliphatic rings. The standard InChI is InChI=1S/C18H22N2O2S/c1-13-10-14(2)12-16(11-13)23(22)9-8-17(19)18(21)20-15-6-4-3-5-7-15/h3-7,10-12,17H,8-9,19H2,1-2H3,(H,20,21). The second kappa shape index (κ2) is 8.04. The minimum absolute atomic E-state index is 0.256. The van der Waals surface area contributed by atoms with Crippen LogP contribution in [0.15, 0.2) is 53.4 Å². The Bertz CT molecular complexity index is 681. The van der Waals surface area contributed by atoms with E-state index in [0.717, 1.165) is 16.0 Å². The third kappa shape index (κ3) is 5.30. The molecule has 0 spiro atoms. The van der Waals surface area contributed by atoms with Gasteiger partial charge in [-0.05, 0) is 55.7 Å². The lowest BCUT2D eigenvalue weighted by molar-refractivity contribution is -0.117. The van der Waals surface area contributed by atoms with Crippen molar-refractivity contribution in [1.29, 1.82) is 0 Å². The molecule has 1 amide bonds. The van der Waals surface area contributed by atoms with Gasteiger partial charge in [-0.25, -0.2) is 0 Å². The van der Waals surface area contributed by atoms with Gasteiger partial charge in [-0.2, -0.15) is 0 Å². The van der Waals surface area contributed by atoms with Crippen LogP contribution in [0.5, 0.6) is 0 Å². The lowest BCUT2D eigenvalue weighted by Crippen LogP contribution is -2.36. The van der Waals surface area contributed by atoms with E-state index in [0.29, 0.717) is 17.9 Å². The number of nitrogens with one attached hydrogen (secondary N) is 1. The summed E-state index contributed by atoms with van der Waals surface area (Å²) >= 11 is 0. The maximum atomic E-state index is 12.4. The molecule has 0 saturated carbocycles. The topological polar surface area (TPSA) is 72.2 Å². The van der Waals surface area contributed by atoms with Gasteiger partial charge in [0.2, 0.25) is 5.91 Å². The number of carbonyl (C=O) groups is 1. The van der Waals surface area contributed by atoms with Crippen molar-refractivity contribution < 1.29 is 9.00 Å². The quantitative estimate of drug-likeness (QED) is 0.855. The fourth-order valence-corrected chi connectivity index (χ4v) is 3.64. The van der Waals surface area contributed by atoms with Gasteiger partial charge in [0.25, 0.3) is 0 Å². The number of carbonyl (C=O) groups excluding carboxylic acids is 1. The minimum Gasteiger partial charge on any atom is -0.325 e. The van der Waals surface area contributed by atoms with Gasteiger partial charge in [-0.1, -0.05) is 24.3 Å². The summed E-state index contributed by atoms with van der Waals surface area (Å²) in [7, 11) is -1.15. The number of aryl methyl sites for hydroxylation is 2. The van der Waals surface area contributed by atoms with E-state index >= 15 is 0 Å². The van der Waals surface area contributed by atoms with E-state index in [9.17, 15) is 9.00 Å². The van der Waals surface area contributed by atoms with E-state index in [4.69, 9.17) is 5.73 Å². The summed E-state index contributed by atoms with van der Waals surface area (Å²) < 4.78 is 12.4. The number of benzene rings is 2. The van der Waals surface area contributed by atoms with Crippen molar-refractivity contribution in [2.45, 2.75) is 31.2 Å². The van der Waals surface area contributed by atoms with Crippen molar-refractivity contribution in [2.75, 3.05) is 11.1 Å². The molecule has 0 heterocycles. The molecule has 4 nitrogen and oxygen atoms in total. The predicted molar refractivity (Wildman–Crippen MR) is 94.9 cm³/mol. The summed E-state index contributed by atoms with van der Waals surface area (Å²) in [5.41, 5.74) is 8.78. The van der Waals surface area contributed by atoms with Gasteiger partial charge < -0.3 is 11.1 Å². The number of nitrogens with two attached hydrogens (primary N) is 1. The summed E-state index contributed by atoms with van der Waals surface area (Å²) in [6.45, 7) is 3.96. The molecule has 5 heteroatoms. The summed E-state index contributed by atoms with van der Waals surface area (Å²) in [5, 5.41) is 2.76. The van der Waals surface area contributed by atoms with Crippen molar-refractivity contribution in [3.05, 3.63) is 59.7 Å². The molecule has 0 saturated heterocycles. The van der Waals surface area contributed by atoms with Crippen LogP contribution in [0.25, 0.3) is 0 Å². The second-order valence-electron chi connectivity index (χ2n) is 5.62. The average molecular weight is 330 g/mol. The first kappa shape index (κ1) is 17.4. The average Bonchev–Trinajstić information content (AvgIpc) is 2.52. The molecule has 2 atom stereocenters. The molecule has 0 aliphatic heterocycles. The van der Waals surface area contributed by atoms with Gasteiger partial charge >= 0.3 is 0 Å². The van der Waals surface area contributed by atoms with Crippen LogP contribution in [0.4, 0.5) is 5.69 Å². The van der Waals surface area contributed by atoms with Crippen LogP contribution in [-0.2, 0) is 15.6 Å². The Morgan fingerprint density at radius 1 is 1.13 bits per heavy atom. The molecular weight excluding hydrogens is 308 g/mol. The minimum atomic E-state index is -1.15. The summed E-state index contributed by atoms with van der Waals surface area (Å²) in [4.78, 5) is 12.8. The van der Waals surface area contributed by atoms with Crippen LogP contribution in [0, 0.1) is 13.8 Å². The van der Waals surface area contributed by atoms with Crippen LogP contribution in [0.2, 0.25) is 0 Å². The predicted octanol–water partition coefficient (Wildman–Crippen LogP) is 2.77. The van der Waals surface area contributed by atoms with Crippen molar-refractivity contribution in [3.8, 4) is 0 Å². The second-order valence-corrected chi connectivity index (χ2v) is 7.19. The summed E-state index contributed by atoms with van der Waals surface area (Å²) in [6.07, 6.45) is 0.373. The molecule has 0 fully saturated rings. The summed E-state index contributed by atoms with van der Waals surface area (Å²) in [5.74, 6) is 0.111. The lowest BCUT2D eigenvalue weighted by atomic mass is 10.2. The van der Waals surface area contributed by atoms with Gasteiger partial charge in [-0.3, -0.25) is 9.00 Å². The smallest absolute Gasteiger partial charge is 0.241 e. The van der Waals surface area contributed by atoms with E-state index in [2.05, 4.69) is 5.32 Å². The van der Waals surface area contributed by atoms with Crippen LogP contribution in [0.1, 0.15) is 17.5 Å². The fraction of sp³-hybridized carbons (Fsp3) is 0.278.